The lowest BCUT2D eigenvalue weighted by Crippen LogP contribution is -2.33. The largest absolute Gasteiger partial charge is 0.481 e. The van der Waals surface area contributed by atoms with Gasteiger partial charge in [-0.3, -0.25) is 9.59 Å². The molecule has 0 aromatic carbocycles. The predicted octanol–water partition coefficient (Wildman–Crippen LogP) is 0.357. The summed E-state index contributed by atoms with van der Waals surface area (Å²) in [6, 6.07) is 0. The average Bonchev–Trinajstić information content (AvgIpc) is 2.33. The third-order valence-corrected chi connectivity index (χ3v) is 2.82. The molecule has 2 atom stereocenters. The molecule has 0 aromatic heterocycles. The second-order valence-corrected chi connectivity index (χ2v) is 4.47. The molecule has 6 nitrogen and oxygen atoms in total. The number of ether oxygens (including phenoxy) is 1. The van der Waals surface area contributed by atoms with Crippen molar-refractivity contribution >= 4 is 11.9 Å². The summed E-state index contributed by atoms with van der Waals surface area (Å²) in [5.41, 5.74) is 5.42. The van der Waals surface area contributed by atoms with Crippen molar-refractivity contribution in [2.24, 2.45) is 11.7 Å². The van der Waals surface area contributed by atoms with Crippen LogP contribution in [0, 0.1) is 5.92 Å². The van der Waals surface area contributed by atoms with Crippen molar-refractivity contribution in [2.75, 3.05) is 20.2 Å². The van der Waals surface area contributed by atoms with E-state index in [1.165, 1.54) is 7.11 Å². The van der Waals surface area contributed by atoms with Crippen LogP contribution in [0.2, 0.25) is 0 Å². The number of carboxylic acids is 1. The molecule has 0 fully saturated rings. The standard InChI is InChI=1S/C12H24N2O4/c1-9(3-4-12(16)17)5-6-14-11(15)7-10(8-13)18-2/h9-10H,3-8,13H2,1-2H3,(H,14,15)(H,16,17). The van der Waals surface area contributed by atoms with E-state index >= 15 is 0 Å². The number of hydrogen-bond acceptors (Lipinski definition) is 4. The van der Waals surface area contributed by atoms with E-state index in [1.807, 2.05) is 6.92 Å². The van der Waals surface area contributed by atoms with E-state index in [-0.39, 0.29) is 30.8 Å². The lowest BCUT2D eigenvalue weighted by atomic mass is 10.0. The number of carbonyl (C=O) groups is 2. The smallest absolute Gasteiger partial charge is 0.303 e. The molecule has 1 amide bonds. The van der Waals surface area contributed by atoms with E-state index in [0.29, 0.717) is 19.5 Å². The zero-order chi connectivity index (χ0) is 14.0. The van der Waals surface area contributed by atoms with Crippen molar-refractivity contribution in [2.45, 2.75) is 38.7 Å². The van der Waals surface area contributed by atoms with Crippen molar-refractivity contribution < 1.29 is 19.4 Å². The summed E-state index contributed by atoms with van der Waals surface area (Å²) in [6.07, 6.45) is 1.60. The molecule has 0 aromatic rings. The molecule has 4 N–H and O–H groups in total. The minimum absolute atomic E-state index is 0.0854. The SMILES string of the molecule is COC(CN)CC(=O)NCCC(C)CCC(=O)O. The second kappa shape index (κ2) is 9.85. The van der Waals surface area contributed by atoms with Crippen molar-refractivity contribution in [3.8, 4) is 0 Å². The molecule has 0 heterocycles. The van der Waals surface area contributed by atoms with Crippen molar-refractivity contribution in [1.29, 1.82) is 0 Å². The summed E-state index contributed by atoms with van der Waals surface area (Å²) in [4.78, 5) is 21.9. The highest BCUT2D eigenvalue weighted by Crippen LogP contribution is 2.09. The fraction of sp³-hybridized carbons (Fsp3) is 0.833. The second-order valence-electron chi connectivity index (χ2n) is 4.47. The van der Waals surface area contributed by atoms with Crippen LogP contribution in [0.3, 0.4) is 0 Å². The van der Waals surface area contributed by atoms with Crippen LogP contribution in [0.5, 0.6) is 0 Å². The summed E-state index contributed by atoms with van der Waals surface area (Å²) in [5.74, 6) is -0.580. The third kappa shape index (κ3) is 8.95. The van der Waals surface area contributed by atoms with Gasteiger partial charge in [0.05, 0.1) is 12.5 Å². The van der Waals surface area contributed by atoms with Crippen LogP contribution >= 0.6 is 0 Å². The predicted molar refractivity (Wildman–Crippen MR) is 68.1 cm³/mol. The van der Waals surface area contributed by atoms with Crippen molar-refractivity contribution in [3.05, 3.63) is 0 Å². The van der Waals surface area contributed by atoms with Crippen LogP contribution in [-0.4, -0.2) is 43.3 Å². The number of aliphatic carboxylic acids is 1. The van der Waals surface area contributed by atoms with Gasteiger partial charge in [-0.25, -0.2) is 0 Å². The molecule has 0 rings (SSSR count). The lowest BCUT2D eigenvalue weighted by Gasteiger charge is -2.14. The Hall–Kier alpha value is -1.14. The molecule has 18 heavy (non-hydrogen) atoms. The maximum Gasteiger partial charge on any atom is 0.303 e. The van der Waals surface area contributed by atoms with Gasteiger partial charge in [-0.2, -0.15) is 0 Å². The Morgan fingerprint density at radius 2 is 2.06 bits per heavy atom. The molecule has 0 aliphatic heterocycles. The topological polar surface area (TPSA) is 102 Å². The van der Waals surface area contributed by atoms with Gasteiger partial charge in [-0.1, -0.05) is 6.92 Å². The Labute approximate surface area is 108 Å². The van der Waals surface area contributed by atoms with E-state index in [9.17, 15) is 9.59 Å². The molecule has 0 saturated heterocycles. The first-order chi connectivity index (χ1) is 8.49. The molecule has 2 unspecified atom stereocenters. The van der Waals surface area contributed by atoms with Crippen LogP contribution in [0.4, 0.5) is 0 Å². The van der Waals surface area contributed by atoms with Gasteiger partial charge < -0.3 is 20.9 Å². The zero-order valence-electron chi connectivity index (χ0n) is 11.1. The number of carbonyl (C=O) groups excluding carboxylic acids is 1. The van der Waals surface area contributed by atoms with Crippen LogP contribution in [0.25, 0.3) is 0 Å². The quantitative estimate of drug-likeness (QED) is 0.526. The zero-order valence-corrected chi connectivity index (χ0v) is 11.1. The molecule has 0 radical (unpaired) electrons. The van der Waals surface area contributed by atoms with Crippen LogP contribution in [0.1, 0.15) is 32.6 Å². The van der Waals surface area contributed by atoms with Gasteiger partial charge in [-0.15, -0.1) is 0 Å². The number of amides is 1. The van der Waals surface area contributed by atoms with Gasteiger partial charge in [-0.05, 0) is 18.8 Å². The highest BCUT2D eigenvalue weighted by atomic mass is 16.5. The molecule has 0 bridgehead atoms. The number of carboxylic acid groups (broad SMARTS) is 1. The van der Waals surface area contributed by atoms with Crippen LogP contribution in [-0.2, 0) is 14.3 Å². The Bertz CT molecular complexity index is 254. The molecule has 0 aliphatic rings. The lowest BCUT2D eigenvalue weighted by molar-refractivity contribution is -0.137. The molecule has 106 valence electrons. The van der Waals surface area contributed by atoms with Gasteiger partial charge in [0.25, 0.3) is 0 Å². The van der Waals surface area contributed by atoms with Gasteiger partial charge >= 0.3 is 5.97 Å². The highest BCUT2D eigenvalue weighted by molar-refractivity contribution is 5.76. The first-order valence-corrected chi connectivity index (χ1v) is 6.21. The molecule has 0 spiro atoms. The van der Waals surface area contributed by atoms with Gasteiger partial charge in [0.2, 0.25) is 5.91 Å². The maximum atomic E-state index is 11.5. The summed E-state index contributed by atoms with van der Waals surface area (Å²) >= 11 is 0. The summed E-state index contributed by atoms with van der Waals surface area (Å²) in [5, 5.41) is 11.3. The Morgan fingerprint density at radius 3 is 2.56 bits per heavy atom. The summed E-state index contributed by atoms with van der Waals surface area (Å²) in [7, 11) is 1.53. The minimum atomic E-state index is -0.781. The van der Waals surface area contributed by atoms with E-state index < -0.39 is 5.97 Å². The minimum Gasteiger partial charge on any atom is -0.481 e. The Morgan fingerprint density at radius 1 is 1.39 bits per heavy atom. The van der Waals surface area contributed by atoms with Crippen LogP contribution < -0.4 is 11.1 Å². The van der Waals surface area contributed by atoms with Crippen molar-refractivity contribution in [1.82, 2.24) is 5.32 Å². The number of hydrogen-bond donors (Lipinski definition) is 3. The fourth-order valence-corrected chi connectivity index (χ4v) is 1.51. The number of nitrogens with two attached hydrogens (primary N) is 1. The number of rotatable bonds is 10. The Kier molecular flexibility index (Phi) is 9.22. The normalized spacial score (nSPS) is 13.9. The maximum absolute atomic E-state index is 11.5. The van der Waals surface area contributed by atoms with Gasteiger partial charge in [0.1, 0.15) is 0 Å². The highest BCUT2D eigenvalue weighted by Gasteiger charge is 2.11. The average molecular weight is 260 g/mol. The van der Waals surface area contributed by atoms with Crippen molar-refractivity contribution in [3.63, 3.8) is 0 Å². The van der Waals surface area contributed by atoms with Crippen LogP contribution in [0.15, 0.2) is 0 Å². The third-order valence-electron chi connectivity index (χ3n) is 2.82. The van der Waals surface area contributed by atoms with Gasteiger partial charge in [0, 0.05) is 26.6 Å². The first-order valence-electron chi connectivity index (χ1n) is 6.21. The number of nitrogens with one attached hydrogen (secondary N) is 1. The number of methoxy groups -OCH3 is 1. The molecule has 0 saturated carbocycles. The fourth-order valence-electron chi connectivity index (χ4n) is 1.51. The summed E-state index contributed by atoms with van der Waals surface area (Å²) in [6.45, 7) is 2.85. The first kappa shape index (κ1) is 16.9. The van der Waals surface area contributed by atoms with Gasteiger partial charge in [0.15, 0.2) is 0 Å². The molecule has 0 aliphatic carbocycles. The molecule has 6 heteroatoms. The Balaban J connectivity index is 3.64. The van der Waals surface area contributed by atoms with E-state index in [4.69, 9.17) is 15.6 Å². The van der Waals surface area contributed by atoms with E-state index in [2.05, 4.69) is 5.32 Å². The molecular weight excluding hydrogens is 236 g/mol. The molecular formula is C12H24N2O4. The summed E-state index contributed by atoms with van der Waals surface area (Å²) < 4.78 is 5.01. The van der Waals surface area contributed by atoms with E-state index in [0.717, 1.165) is 6.42 Å². The van der Waals surface area contributed by atoms with E-state index in [1.54, 1.807) is 0 Å². The monoisotopic (exact) mass is 260 g/mol.